The second-order valence-electron chi connectivity index (χ2n) is 4.25. The smallest absolute Gasteiger partial charge is 0.273 e. The molecule has 0 spiro atoms. The number of rotatable bonds is 6. The van der Waals surface area contributed by atoms with Gasteiger partial charge in [0.15, 0.2) is 5.69 Å². The van der Waals surface area contributed by atoms with Crippen LogP contribution in [0.4, 0.5) is 0 Å². The zero-order valence-electron chi connectivity index (χ0n) is 10.7. The van der Waals surface area contributed by atoms with Crippen molar-refractivity contribution in [2.75, 3.05) is 0 Å². The molecule has 0 aliphatic heterocycles. The third-order valence-corrected chi connectivity index (χ3v) is 2.66. The van der Waals surface area contributed by atoms with Crippen molar-refractivity contribution in [3.8, 4) is 0 Å². The fraction of sp³-hybridized carbons (Fsp3) is 0.667. The standard InChI is InChI=1S/C12H21N3O2/c1-4-6-9(13)12-15-10(7-17-12)11(16)14-8(3)5-2/h7-9H,4-6,13H2,1-3H3,(H,14,16). The minimum atomic E-state index is -0.231. The zero-order valence-corrected chi connectivity index (χ0v) is 10.7. The molecule has 5 heteroatoms. The molecule has 17 heavy (non-hydrogen) atoms. The fourth-order valence-corrected chi connectivity index (χ4v) is 1.40. The lowest BCUT2D eigenvalue weighted by Gasteiger charge is -2.09. The molecule has 1 amide bonds. The highest BCUT2D eigenvalue weighted by atomic mass is 16.3. The van der Waals surface area contributed by atoms with Crippen LogP contribution in [0, 0.1) is 0 Å². The van der Waals surface area contributed by atoms with E-state index in [-0.39, 0.29) is 18.0 Å². The van der Waals surface area contributed by atoms with E-state index in [1.54, 1.807) is 0 Å². The summed E-state index contributed by atoms with van der Waals surface area (Å²) in [5.74, 6) is 0.221. The number of nitrogens with two attached hydrogens (primary N) is 1. The normalized spacial score (nSPS) is 14.4. The molecule has 5 nitrogen and oxygen atoms in total. The van der Waals surface area contributed by atoms with E-state index in [0.29, 0.717) is 11.6 Å². The van der Waals surface area contributed by atoms with Crippen molar-refractivity contribution in [2.24, 2.45) is 5.73 Å². The number of amides is 1. The Bertz CT molecular complexity index is 362. The van der Waals surface area contributed by atoms with Gasteiger partial charge in [0.1, 0.15) is 6.26 Å². The topological polar surface area (TPSA) is 81.1 Å². The molecule has 2 atom stereocenters. The molecular weight excluding hydrogens is 218 g/mol. The Morgan fingerprint density at radius 2 is 2.29 bits per heavy atom. The number of nitrogens with zero attached hydrogens (tertiary/aromatic N) is 1. The van der Waals surface area contributed by atoms with Crippen molar-refractivity contribution in [3.63, 3.8) is 0 Å². The highest BCUT2D eigenvalue weighted by Crippen LogP contribution is 2.15. The first-order chi connectivity index (χ1) is 8.08. The summed E-state index contributed by atoms with van der Waals surface area (Å²) in [4.78, 5) is 15.8. The number of hydrogen-bond donors (Lipinski definition) is 2. The van der Waals surface area contributed by atoms with Crippen molar-refractivity contribution in [3.05, 3.63) is 17.8 Å². The molecule has 0 bridgehead atoms. The summed E-state index contributed by atoms with van der Waals surface area (Å²) in [7, 11) is 0. The van der Waals surface area contributed by atoms with Gasteiger partial charge in [0.2, 0.25) is 5.89 Å². The lowest BCUT2D eigenvalue weighted by Crippen LogP contribution is -2.32. The first-order valence-electron chi connectivity index (χ1n) is 6.10. The lowest BCUT2D eigenvalue weighted by molar-refractivity contribution is 0.0934. The Morgan fingerprint density at radius 1 is 1.59 bits per heavy atom. The van der Waals surface area contributed by atoms with Crippen LogP contribution < -0.4 is 11.1 Å². The average Bonchev–Trinajstić information content (AvgIpc) is 2.78. The predicted octanol–water partition coefficient (Wildman–Crippen LogP) is 2.00. The molecular formula is C12H21N3O2. The van der Waals surface area contributed by atoms with E-state index >= 15 is 0 Å². The summed E-state index contributed by atoms with van der Waals surface area (Å²) in [6.45, 7) is 6.00. The van der Waals surface area contributed by atoms with Gasteiger partial charge in [-0.05, 0) is 19.8 Å². The summed E-state index contributed by atoms with van der Waals surface area (Å²) in [6.07, 6.45) is 4.00. The Kier molecular flexibility index (Phi) is 5.15. The van der Waals surface area contributed by atoms with Crippen LogP contribution in [0.15, 0.2) is 10.7 Å². The molecule has 0 saturated carbocycles. The van der Waals surface area contributed by atoms with Crippen LogP contribution in [-0.4, -0.2) is 16.9 Å². The van der Waals surface area contributed by atoms with Crippen molar-refractivity contribution in [2.45, 2.75) is 52.1 Å². The van der Waals surface area contributed by atoms with Gasteiger partial charge >= 0.3 is 0 Å². The summed E-state index contributed by atoms with van der Waals surface area (Å²) >= 11 is 0. The Hall–Kier alpha value is -1.36. The second kappa shape index (κ2) is 6.39. The number of carbonyl (C=O) groups is 1. The highest BCUT2D eigenvalue weighted by Gasteiger charge is 2.17. The molecule has 0 aromatic carbocycles. The van der Waals surface area contributed by atoms with Crippen molar-refractivity contribution >= 4 is 5.91 Å². The number of aromatic nitrogens is 1. The van der Waals surface area contributed by atoms with Crippen LogP contribution in [0.5, 0.6) is 0 Å². The van der Waals surface area contributed by atoms with Gasteiger partial charge in [-0.1, -0.05) is 20.3 Å². The Balaban J connectivity index is 2.64. The van der Waals surface area contributed by atoms with E-state index in [2.05, 4.69) is 10.3 Å². The van der Waals surface area contributed by atoms with Crippen molar-refractivity contribution in [1.82, 2.24) is 10.3 Å². The molecule has 1 rings (SSSR count). The Labute approximate surface area is 102 Å². The summed E-state index contributed by atoms with van der Waals surface area (Å²) in [5, 5.41) is 2.83. The maximum absolute atomic E-state index is 11.7. The first kappa shape index (κ1) is 13.7. The molecule has 0 aliphatic carbocycles. The molecule has 0 radical (unpaired) electrons. The van der Waals surface area contributed by atoms with Crippen LogP contribution in [0.2, 0.25) is 0 Å². The Morgan fingerprint density at radius 3 is 2.88 bits per heavy atom. The zero-order chi connectivity index (χ0) is 12.8. The number of hydrogen-bond acceptors (Lipinski definition) is 4. The number of oxazole rings is 1. The van der Waals surface area contributed by atoms with E-state index in [4.69, 9.17) is 10.2 Å². The van der Waals surface area contributed by atoms with Gasteiger partial charge in [-0.15, -0.1) is 0 Å². The van der Waals surface area contributed by atoms with E-state index in [0.717, 1.165) is 19.3 Å². The number of nitrogens with one attached hydrogen (secondary N) is 1. The average molecular weight is 239 g/mol. The third kappa shape index (κ3) is 3.85. The largest absolute Gasteiger partial charge is 0.446 e. The molecule has 1 heterocycles. The molecule has 2 unspecified atom stereocenters. The third-order valence-electron chi connectivity index (χ3n) is 2.66. The minimum Gasteiger partial charge on any atom is -0.446 e. The van der Waals surface area contributed by atoms with Crippen LogP contribution in [-0.2, 0) is 0 Å². The van der Waals surface area contributed by atoms with Crippen molar-refractivity contribution in [1.29, 1.82) is 0 Å². The summed E-state index contributed by atoms with van der Waals surface area (Å²) < 4.78 is 5.22. The van der Waals surface area contributed by atoms with Crippen molar-refractivity contribution < 1.29 is 9.21 Å². The molecule has 1 aromatic rings. The lowest BCUT2D eigenvalue weighted by atomic mass is 10.2. The molecule has 0 saturated heterocycles. The monoisotopic (exact) mass is 239 g/mol. The van der Waals surface area contributed by atoms with Crippen LogP contribution in [0.25, 0.3) is 0 Å². The van der Waals surface area contributed by atoms with Gasteiger partial charge in [0, 0.05) is 6.04 Å². The minimum absolute atomic E-state index is 0.131. The number of carbonyl (C=O) groups excluding carboxylic acids is 1. The molecule has 1 aromatic heterocycles. The van der Waals surface area contributed by atoms with Gasteiger partial charge in [-0.25, -0.2) is 4.98 Å². The maximum atomic E-state index is 11.7. The second-order valence-corrected chi connectivity index (χ2v) is 4.25. The van der Waals surface area contributed by atoms with Gasteiger partial charge < -0.3 is 15.5 Å². The van der Waals surface area contributed by atoms with Gasteiger partial charge in [-0.2, -0.15) is 0 Å². The first-order valence-corrected chi connectivity index (χ1v) is 6.10. The SMILES string of the molecule is CCCC(N)c1nc(C(=O)NC(C)CC)co1. The van der Waals surface area contributed by atoms with Crippen LogP contribution in [0.1, 0.15) is 62.5 Å². The highest BCUT2D eigenvalue weighted by molar-refractivity contribution is 5.92. The maximum Gasteiger partial charge on any atom is 0.273 e. The van der Waals surface area contributed by atoms with E-state index in [1.165, 1.54) is 6.26 Å². The van der Waals surface area contributed by atoms with E-state index in [9.17, 15) is 4.79 Å². The van der Waals surface area contributed by atoms with E-state index in [1.807, 2.05) is 20.8 Å². The van der Waals surface area contributed by atoms with Gasteiger partial charge in [0.25, 0.3) is 5.91 Å². The quantitative estimate of drug-likeness (QED) is 0.795. The fourth-order valence-electron chi connectivity index (χ4n) is 1.40. The summed E-state index contributed by atoms with van der Waals surface area (Å²) in [5.41, 5.74) is 6.16. The van der Waals surface area contributed by atoms with Gasteiger partial charge in [-0.3, -0.25) is 4.79 Å². The summed E-state index contributed by atoms with van der Waals surface area (Å²) in [6, 6.07) is -0.0999. The molecule has 0 fully saturated rings. The molecule has 96 valence electrons. The predicted molar refractivity (Wildman–Crippen MR) is 65.6 cm³/mol. The van der Waals surface area contributed by atoms with E-state index < -0.39 is 0 Å². The van der Waals surface area contributed by atoms with Crippen LogP contribution >= 0.6 is 0 Å². The molecule has 3 N–H and O–H groups in total. The molecule has 0 aliphatic rings. The van der Waals surface area contributed by atoms with Crippen LogP contribution in [0.3, 0.4) is 0 Å². The van der Waals surface area contributed by atoms with Gasteiger partial charge in [0.05, 0.1) is 6.04 Å².